The largest absolute Gasteiger partial charge is 0.469 e. The fourth-order valence-corrected chi connectivity index (χ4v) is 5.81. The standard InChI is InChI=1S/C32H36N4O3/c1-7-36-28-13-12-27(21(4)30(28)33-34-36)29(22(5)32(38)39-6)24-11-10-23-14-15-35(18-26(23)17-24)31(37)25-9-8-19(2)20(3)16-25/h8-13,16-17,22,29H,7,14-15,18H2,1-6H3/t22-,29+/m1/s1. The lowest BCUT2D eigenvalue weighted by Gasteiger charge is -2.31. The van der Waals surface area contributed by atoms with E-state index in [1.807, 2.05) is 61.5 Å². The van der Waals surface area contributed by atoms with E-state index in [1.54, 1.807) is 0 Å². The van der Waals surface area contributed by atoms with Crippen molar-refractivity contribution in [3.05, 3.63) is 93.0 Å². The maximum atomic E-state index is 13.4. The molecule has 3 aromatic carbocycles. The molecule has 202 valence electrons. The molecule has 39 heavy (non-hydrogen) atoms. The predicted molar refractivity (Wildman–Crippen MR) is 152 cm³/mol. The molecule has 0 saturated carbocycles. The zero-order chi connectivity index (χ0) is 27.8. The van der Waals surface area contributed by atoms with E-state index in [1.165, 1.54) is 18.2 Å². The number of aromatic nitrogens is 3. The lowest BCUT2D eigenvalue weighted by molar-refractivity contribution is -0.145. The third-order valence-corrected chi connectivity index (χ3v) is 8.33. The van der Waals surface area contributed by atoms with Crippen molar-refractivity contribution >= 4 is 22.9 Å². The second-order valence-electron chi connectivity index (χ2n) is 10.6. The van der Waals surface area contributed by atoms with Gasteiger partial charge in [-0.05, 0) is 91.3 Å². The molecule has 7 heteroatoms. The summed E-state index contributed by atoms with van der Waals surface area (Å²) in [5.74, 6) is -0.859. The maximum absolute atomic E-state index is 13.4. The summed E-state index contributed by atoms with van der Waals surface area (Å²) in [7, 11) is 1.43. The summed E-state index contributed by atoms with van der Waals surface area (Å²) < 4.78 is 7.07. The number of esters is 1. The fourth-order valence-electron chi connectivity index (χ4n) is 5.81. The number of aryl methyl sites for hydroxylation is 4. The molecule has 0 saturated heterocycles. The van der Waals surface area contributed by atoms with Crippen LogP contribution < -0.4 is 0 Å². The Morgan fingerprint density at radius 3 is 2.51 bits per heavy atom. The second-order valence-corrected chi connectivity index (χ2v) is 10.6. The Balaban J connectivity index is 1.53. The molecule has 5 rings (SSSR count). The molecule has 1 aromatic heterocycles. The average Bonchev–Trinajstić information content (AvgIpc) is 3.38. The molecule has 7 nitrogen and oxygen atoms in total. The normalized spacial score (nSPS) is 14.7. The van der Waals surface area contributed by atoms with E-state index >= 15 is 0 Å². The van der Waals surface area contributed by atoms with Gasteiger partial charge in [-0.15, -0.1) is 5.10 Å². The van der Waals surface area contributed by atoms with E-state index < -0.39 is 5.92 Å². The molecule has 1 aliphatic rings. The minimum Gasteiger partial charge on any atom is -0.469 e. The molecule has 0 bridgehead atoms. The number of methoxy groups -OCH3 is 1. The van der Waals surface area contributed by atoms with Crippen LogP contribution in [0.3, 0.4) is 0 Å². The van der Waals surface area contributed by atoms with Crippen molar-refractivity contribution in [1.29, 1.82) is 0 Å². The number of fused-ring (bicyclic) bond motifs is 2. The van der Waals surface area contributed by atoms with E-state index in [9.17, 15) is 9.59 Å². The van der Waals surface area contributed by atoms with Gasteiger partial charge in [0, 0.05) is 31.1 Å². The van der Waals surface area contributed by atoms with Gasteiger partial charge in [0.1, 0.15) is 5.52 Å². The van der Waals surface area contributed by atoms with Crippen molar-refractivity contribution in [1.82, 2.24) is 19.9 Å². The van der Waals surface area contributed by atoms with Crippen LogP contribution in [0.1, 0.15) is 69.1 Å². The van der Waals surface area contributed by atoms with Crippen LogP contribution in [0.4, 0.5) is 0 Å². The molecule has 0 aliphatic carbocycles. The van der Waals surface area contributed by atoms with Gasteiger partial charge in [-0.1, -0.05) is 42.5 Å². The number of nitrogens with zero attached hydrogens (tertiary/aromatic N) is 4. The van der Waals surface area contributed by atoms with Crippen molar-refractivity contribution in [2.75, 3.05) is 13.7 Å². The van der Waals surface area contributed by atoms with Crippen LogP contribution in [-0.4, -0.2) is 45.4 Å². The molecule has 0 fully saturated rings. The summed E-state index contributed by atoms with van der Waals surface area (Å²) in [6, 6.07) is 16.5. The van der Waals surface area contributed by atoms with Crippen molar-refractivity contribution in [2.24, 2.45) is 5.92 Å². The van der Waals surface area contributed by atoms with E-state index in [4.69, 9.17) is 4.74 Å². The van der Waals surface area contributed by atoms with Gasteiger partial charge in [0.2, 0.25) is 0 Å². The number of ether oxygens (including phenoxy) is 1. The Hall–Kier alpha value is -4.00. The summed E-state index contributed by atoms with van der Waals surface area (Å²) in [4.78, 5) is 28.2. The molecule has 0 spiro atoms. The molecule has 2 atom stereocenters. The third kappa shape index (κ3) is 4.82. The molecule has 4 aromatic rings. The Kier molecular flexibility index (Phi) is 7.25. The van der Waals surface area contributed by atoms with Crippen LogP contribution in [-0.2, 0) is 29.0 Å². The lowest BCUT2D eigenvalue weighted by Crippen LogP contribution is -2.36. The summed E-state index contributed by atoms with van der Waals surface area (Å²) in [5, 5.41) is 8.74. The summed E-state index contributed by atoms with van der Waals surface area (Å²) in [6.45, 7) is 12.1. The quantitative estimate of drug-likeness (QED) is 0.311. The molecular weight excluding hydrogens is 488 g/mol. The van der Waals surface area contributed by atoms with E-state index in [2.05, 4.69) is 41.5 Å². The number of hydrogen-bond acceptors (Lipinski definition) is 5. The highest BCUT2D eigenvalue weighted by atomic mass is 16.5. The topological polar surface area (TPSA) is 77.3 Å². The Morgan fingerprint density at radius 1 is 1.00 bits per heavy atom. The van der Waals surface area contributed by atoms with Crippen molar-refractivity contribution in [3.63, 3.8) is 0 Å². The molecule has 1 amide bonds. The highest BCUT2D eigenvalue weighted by Gasteiger charge is 2.31. The van der Waals surface area contributed by atoms with Crippen LogP contribution >= 0.6 is 0 Å². The highest BCUT2D eigenvalue weighted by Crippen LogP contribution is 2.38. The molecule has 0 unspecified atom stereocenters. The van der Waals surface area contributed by atoms with Crippen LogP contribution in [0, 0.1) is 26.7 Å². The number of rotatable bonds is 6. The third-order valence-electron chi connectivity index (χ3n) is 8.33. The number of benzene rings is 3. The zero-order valence-corrected chi connectivity index (χ0v) is 23.6. The Bertz CT molecular complexity index is 1570. The first-order valence-electron chi connectivity index (χ1n) is 13.6. The zero-order valence-electron chi connectivity index (χ0n) is 23.6. The molecule has 1 aliphatic heterocycles. The first kappa shape index (κ1) is 26.6. The second kappa shape index (κ2) is 10.6. The Morgan fingerprint density at radius 2 is 1.79 bits per heavy atom. The summed E-state index contributed by atoms with van der Waals surface area (Å²) >= 11 is 0. The van der Waals surface area contributed by atoms with Gasteiger partial charge < -0.3 is 9.64 Å². The van der Waals surface area contributed by atoms with Gasteiger partial charge >= 0.3 is 5.97 Å². The molecular formula is C32H36N4O3. The van der Waals surface area contributed by atoms with Gasteiger partial charge in [0.05, 0.1) is 18.5 Å². The van der Waals surface area contributed by atoms with Crippen molar-refractivity contribution < 1.29 is 14.3 Å². The minimum atomic E-state index is -0.415. The van der Waals surface area contributed by atoms with Crippen molar-refractivity contribution in [2.45, 2.75) is 60.0 Å². The van der Waals surface area contributed by atoms with Gasteiger partial charge in [-0.3, -0.25) is 9.59 Å². The molecule has 2 heterocycles. The number of amides is 1. The van der Waals surface area contributed by atoms with Crippen LogP contribution in [0.25, 0.3) is 11.0 Å². The van der Waals surface area contributed by atoms with Crippen LogP contribution in [0.2, 0.25) is 0 Å². The van der Waals surface area contributed by atoms with Gasteiger partial charge in [0.15, 0.2) is 0 Å². The van der Waals surface area contributed by atoms with Gasteiger partial charge in [-0.2, -0.15) is 0 Å². The SMILES string of the molecule is CCn1nnc2c(C)c([C@H](c3ccc4c(c3)CN(C(=O)c3ccc(C)c(C)c3)CC4)[C@@H](C)C(=O)OC)ccc21. The van der Waals surface area contributed by atoms with Crippen LogP contribution in [0.15, 0.2) is 48.5 Å². The monoisotopic (exact) mass is 524 g/mol. The van der Waals surface area contributed by atoms with E-state index in [0.29, 0.717) is 13.1 Å². The number of carbonyl (C=O) groups excluding carboxylic acids is 2. The minimum absolute atomic E-state index is 0.0499. The maximum Gasteiger partial charge on any atom is 0.309 e. The van der Waals surface area contributed by atoms with Crippen molar-refractivity contribution in [3.8, 4) is 0 Å². The highest BCUT2D eigenvalue weighted by molar-refractivity contribution is 5.94. The lowest BCUT2D eigenvalue weighted by atomic mass is 9.78. The molecule has 0 radical (unpaired) electrons. The predicted octanol–water partition coefficient (Wildman–Crippen LogP) is 5.52. The van der Waals surface area contributed by atoms with E-state index in [-0.39, 0.29) is 17.8 Å². The first-order chi connectivity index (χ1) is 18.7. The number of carbonyl (C=O) groups is 2. The first-order valence-corrected chi connectivity index (χ1v) is 13.6. The fraction of sp³-hybridized carbons (Fsp3) is 0.375. The number of hydrogen-bond donors (Lipinski definition) is 0. The summed E-state index contributed by atoms with van der Waals surface area (Å²) in [6.07, 6.45) is 0.800. The average molecular weight is 525 g/mol. The van der Waals surface area contributed by atoms with Gasteiger partial charge in [-0.25, -0.2) is 4.68 Å². The smallest absolute Gasteiger partial charge is 0.309 e. The molecule has 0 N–H and O–H groups in total. The van der Waals surface area contributed by atoms with Gasteiger partial charge in [0.25, 0.3) is 5.91 Å². The summed E-state index contributed by atoms with van der Waals surface area (Å²) in [5.41, 5.74) is 10.3. The Labute approximate surface area is 229 Å². The van der Waals surface area contributed by atoms with E-state index in [0.717, 1.165) is 57.4 Å². The van der Waals surface area contributed by atoms with Crippen LogP contribution in [0.5, 0.6) is 0 Å².